The molecule has 0 unspecified atom stereocenters. The van der Waals surface area contributed by atoms with E-state index < -0.39 is 0 Å². The maximum absolute atomic E-state index is 12.9. The van der Waals surface area contributed by atoms with E-state index in [9.17, 15) is 4.79 Å². The number of carbonyl (C=O) groups is 1. The van der Waals surface area contributed by atoms with Crippen LogP contribution in [-0.2, 0) is 9.47 Å². The van der Waals surface area contributed by atoms with Gasteiger partial charge in [-0.05, 0) is 67.6 Å². The van der Waals surface area contributed by atoms with E-state index >= 15 is 0 Å². The van der Waals surface area contributed by atoms with E-state index in [0.29, 0.717) is 17.5 Å². The SMILES string of the molecule is CCCCCCCCOc1ccc(C(=O)O[C@H]2CC[C@H](c3ccc(OCCCCCC)cc3)O[C@@H]2CBr)cc1. The maximum atomic E-state index is 12.9. The van der Waals surface area contributed by atoms with Gasteiger partial charge in [-0.2, -0.15) is 0 Å². The first-order valence-corrected chi connectivity index (χ1v) is 16.1. The Kier molecular flexibility index (Phi) is 14.8. The Morgan fingerprint density at radius 1 is 0.769 bits per heavy atom. The van der Waals surface area contributed by atoms with Crippen LogP contribution in [0.3, 0.4) is 0 Å². The summed E-state index contributed by atoms with van der Waals surface area (Å²) in [6, 6.07) is 15.5. The standard InChI is InChI=1S/C33H47BrO5/c1-3-5-7-9-10-12-24-37-29-19-15-27(16-20-29)33(35)39-31-22-21-30(38-32(31)25-34)26-13-17-28(18-14-26)36-23-11-8-6-4-2/h13-20,30-32H,3-12,21-25H2,1-2H3/t30-,31+,32-/m1/s1. The second-order valence-corrected chi connectivity index (χ2v) is 11.1. The second kappa shape index (κ2) is 18.3. The van der Waals surface area contributed by atoms with Crippen LogP contribution in [0.25, 0.3) is 0 Å². The van der Waals surface area contributed by atoms with Gasteiger partial charge in [0.2, 0.25) is 0 Å². The van der Waals surface area contributed by atoms with Crippen LogP contribution < -0.4 is 9.47 Å². The molecule has 6 heteroatoms. The Balaban J connectivity index is 1.41. The number of unbranched alkanes of at least 4 members (excludes halogenated alkanes) is 8. The fraction of sp³-hybridized carbons (Fsp3) is 0.606. The van der Waals surface area contributed by atoms with Gasteiger partial charge < -0.3 is 18.9 Å². The summed E-state index contributed by atoms with van der Waals surface area (Å²) in [5.74, 6) is 1.36. The van der Waals surface area contributed by atoms with Crippen LogP contribution in [0, 0.1) is 0 Å². The van der Waals surface area contributed by atoms with Crippen LogP contribution in [0.5, 0.6) is 11.5 Å². The lowest BCUT2D eigenvalue weighted by molar-refractivity contribution is -0.113. The molecule has 1 heterocycles. The normalized spacial score (nSPS) is 19.0. The molecule has 3 atom stereocenters. The van der Waals surface area contributed by atoms with E-state index in [1.54, 1.807) is 12.1 Å². The van der Waals surface area contributed by atoms with Crippen molar-refractivity contribution in [1.29, 1.82) is 0 Å². The Morgan fingerprint density at radius 2 is 1.31 bits per heavy atom. The van der Waals surface area contributed by atoms with Crippen molar-refractivity contribution < 1.29 is 23.7 Å². The molecule has 0 aromatic heterocycles. The summed E-state index contributed by atoms with van der Waals surface area (Å²) in [6.45, 7) is 5.91. The Bertz CT molecular complexity index is 930. The summed E-state index contributed by atoms with van der Waals surface area (Å²) in [5, 5.41) is 0.603. The van der Waals surface area contributed by atoms with Crippen LogP contribution in [-0.4, -0.2) is 36.7 Å². The zero-order valence-corrected chi connectivity index (χ0v) is 25.5. The predicted octanol–water partition coefficient (Wildman–Crippen LogP) is 9.23. The van der Waals surface area contributed by atoms with Gasteiger partial charge in [-0.1, -0.05) is 93.3 Å². The predicted molar refractivity (Wildman–Crippen MR) is 161 cm³/mol. The quantitative estimate of drug-likeness (QED) is 0.0966. The first-order chi connectivity index (χ1) is 19.1. The number of halogens is 1. The molecular formula is C33H47BrO5. The lowest BCUT2D eigenvalue weighted by atomic mass is 9.96. The number of rotatable bonds is 18. The van der Waals surface area contributed by atoms with Crippen LogP contribution in [0.15, 0.2) is 48.5 Å². The minimum Gasteiger partial charge on any atom is -0.494 e. The van der Waals surface area contributed by atoms with E-state index in [4.69, 9.17) is 18.9 Å². The average molecular weight is 604 g/mol. The van der Waals surface area contributed by atoms with Gasteiger partial charge in [-0.25, -0.2) is 4.79 Å². The highest BCUT2D eigenvalue weighted by Gasteiger charge is 2.34. The molecule has 5 nitrogen and oxygen atoms in total. The lowest BCUT2D eigenvalue weighted by Crippen LogP contribution is -2.40. The molecule has 2 aromatic carbocycles. The molecule has 0 spiro atoms. The zero-order chi connectivity index (χ0) is 27.7. The molecule has 0 saturated carbocycles. The van der Waals surface area contributed by atoms with E-state index in [0.717, 1.165) is 49.4 Å². The second-order valence-electron chi connectivity index (χ2n) is 10.5. The number of benzene rings is 2. The summed E-state index contributed by atoms with van der Waals surface area (Å²) >= 11 is 3.56. The van der Waals surface area contributed by atoms with Crippen LogP contribution in [0.2, 0.25) is 0 Å². The molecule has 1 saturated heterocycles. The van der Waals surface area contributed by atoms with Crippen molar-refractivity contribution in [3.63, 3.8) is 0 Å². The first-order valence-electron chi connectivity index (χ1n) is 15.0. The van der Waals surface area contributed by atoms with Crippen LogP contribution in [0.1, 0.15) is 113 Å². The third-order valence-electron chi connectivity index (χ3n) is 7.25. The van der Waals surface area contributed by atoms with Gasteiger partial charge in [0, 0.05) is 5.33 Å². The highest BCUT2D eigenvalue weighted by Crippen LogP contribution is 2.34. The van der Waals surface area contributed by atoms with Gasteiger partial charge in [-0.3, -0.25) is 0 Å². The van der Waals surface area contributed by atoms with Gasteiger partial charge in [0.25, 0.3) is 0 Å². The average Bonchev–Trinajstić information content (AvgIpc) is 2.97. The summed E-state index contributed by atoms with van der Waals surface area (Å²) in [7, 11) is 0. The lowest BCUT2D eigenvalue weighted by Gasteiger charge is -2.35. The van der Waals surface area contributed by atoms with Crippen molar-refractivity contribution in [2.75, 3.05) is 18.5 Å². The van der Waals surface area contributed by atoms with Crippen molar-refractivity contribution >= 4 is 21.9 Å². The molecule has 216 valence electrons. The number of ether oxygens (including phenoxy) is 4. The zero-order valence-electron chi connectivity index (χ0n) is 23.9. The summed E-state index contributed by atoms with van der Waals surface area (Å²) in [6.07, 6.45) is 13.2. The molecule has 2 aromatic rings. The molecule has 0 bridgehead atoms. The summed E-state index contributed by atoms with van der Waals surface area (Å²) < 4.78 is 24.0. The van der Waals surface area contributed by atoms with Crippen molar-refractivity contribution in [2.24, 2.45) is 0 Å². The van der Waals surface area contributed by atoms with Crippen molar-refractivity contribution in [1.82, 2.24) is 0 Å². The van der Waals surface area contributed by atoms with E-state index in [1.165, 1.54) is 51.4 Å². The summed E-state index contributed by atoms with van der Waals surface area (Å²) in [5.41, 5.74) is 1.66. The minimum absolute atomic E-state index is 0.0239. The maximum Gasteiger partial charge on any atom is 0.338 e. The third kappa shape index (κ3) is 11.2. The van der Waals surface area contributed by atoms with E-state index in [1.807, 2.05) is 24.3 Å². The topological polar surface area (TPSA) is 54.0 Å². The molecule has 0 N–H and O–H groups in total. The number of hydrogen-bond acceptors (Lipinski definition) is 5. The Morgan fingerprint density at radius 3 is 1.90 bits per heavy atom. The molecule has 0 amide bonds. The first kappa shape index (κ1) is 31.5. The number of carbonyl (C=O) groups excluding carboxylic acids is 1. The fourth-order valence-electron chi connectivity index (χ4n) is 4.85. The van der Waals surface area contributed by atoms with Gasteiger partial charge in [0.05, 0.1) is 24.9 Å². The molecule has 1 fully saturated rings. The summed E-state index contributed by atoms with van der Waals surface area (Å²) in [4.78, 5) is 12.9. The smallest absolute Gasteiger partial charge is 0.338 e. The number of hydrogen-bond donors (Lipinski definition) is 0. The molecule has 0 radical (unpaired) electrons. The van der Waals surface area contributed by atoms with Crippen LogP contribution in [0.4, 0.5) is 0 Å². The molecular weight excluding hydrogens is 556 g/mol. The van der Waals surface area contributed by atoms with E-state index in [2.05, 4.69) is 41.9 Å². The van der Waals surface area contributed by atoms with Gasteiger partial charge in [0.15, 0.2) is 0 Å². The highest BCUT2D eigenvalue weighted by atomic mass is 79.9. The van der Waals surface area contributed by atoms with Crippen molar-refractivity contribution in [2.45, 2.75) is 109 Å². The highest BCUT2D eigenvalue weighted by molar-refractivity contribution is 9.09. The third-order valence-corrected chi connectivity index (χ3v) is 7.89. The van der Waals surface area contributed by atoms with Crippen molar-refractivity contribution in [3.8, 4) is 11.5 Å². The van der Waals surface area contributed by atoms with Gasteiger partial charge in [0.1, 0.15) is 23.7 Å². The van der Waals surface area contributed by atoms with Crippen molar-refractivity contribution in [3.05, 3.63) is 59.7 Å². The minimum atomic E-state index is -0.323. The largest absolute Gasteiger partial charge is 0.494 e. The Hall–Kier alpha value is -2.05. The van der Waals surface area contributed by atoms with Gasteiger partial charge in [-0.15, -0.1) is 0 Å². The molecule has 1 aliphatic rings. The number of alkyl halides is 1. The molecule has 1 aliphatic heterocycles. The Labute approximate surface area is 244 Å². The van der Waals surface area contributed by atoms with Crippen LogP contribution >= 0.6 is 15.9 Å². The molecule has 0 aliphatic carbocycles. The monoisotopic (exact) mass is 602 g/mol. The van der Waals surface area contributed by atoms with E-state index in [-0.39, 0.29) is 24.3 Å². The molecule has 3 rings (SSSR count). The molecule has 39 heavy (non-hydrogen) atoms. The fourth-order valence-corrected chi connectivity index (χ4v) is 5.42. The number of esters is 1. The van der Waals surface area contributed by atoms with Gasteiger partial charge >= 0.3 is 5.97 Å².